The molecule has 5 heteroatoms. The smallest absolute Gasteiger partial charge is 0.319 e. The molecule has 0 aliphatic heterocycles. The molecule has 1 rings (SSSR count). The van der Waals surface area contributed by atoms with Gasteiger partial charge in [-0.1, -0.05) is 38.8 Å². The van der Waals surface area contributed by atoms with E-state index >= 15 is 0 Å². The van der Waals surface area contributed by atoms with Crippen molar-refractivity contribution in [1.82, 2.24) is 10.6 Å². The van der Waals surface area contributed by atoms with E-state index in [2.05, 4.69) is 22.9 Å². The first-order valence-electron chi connectivity index (χ1n) is 8.06. The van der Waals surface area contributed by atoms with Crippen molar-refractivity contribution in [2.45, 2.75) is 46.0 Å². The molecule has 1 aromatic carbocycles. The summed E-state index contributed by atoms with van der Waals surface area (Å²) >= 11 is 0. The molecule has 0 saturated carbocycles. The average molecular weight is 305 g/mol. The first-order chi connectivity index (χ1) is 10.7. The Kier molecular flexibility index (Phi) is 8.72. The predicted molar refractivity (Wildman–Crippen MR) is 90.0 cm³/mol. The zero-order valence-corrected chi connectivity index (χ0v) is 13.6. The van der Waals surface area contributed by atoms with E-state index in [1.54, 1.807) is 0 Å². The number of nitrogens with one attached hydrogen (secondary N) is 3. The van der Waals surface area contributed by atoms with Gasteiger partial charge in [0.2, 0.25) is 5.91 Å². The zero-order chi connectivity index (χ0) is 16.2. The lowest BCUT2D eigenvalue weighted by Crippen LogP contribution is -2.39. The molecule has 22 heavy (non-hydrogen) atoms. The number of rotatable bonds is 9. The molecule has 0 aliphatic carbocycles. The summed E-state index contributed by atoms with van der Waals surface area (Å²) in [6.07, 6.45) is 5.59. The van der Waals surface area contributed by atoms with Crippen molar-refractivity contribution in [1.29, 1.82) is 0 Å². The Hall–Kier alpha value is -2.04. The number of carbonyl (C=O) groups excluding carboxylic acids is 2. The average Bonchev–Trinajstić information content (AvgIpc) is 2.53. The number of benzene rings is 1. The Labute approximate surface area is 132 Å². The minimum atomic E-state index is -0.370. The van der Waals surface area contributed by atoms with Gasteiger partial charge in [-0.3, -0.25) is 4.79 Å². The molecule has 0 aromatic heterocycles. The molecule has 0 aliphatic rings. The van der Waals surface area contributed by atoms with E-state index < -0.39 is 0 Å². The number of carbonyl (C=O) groups is 2. The van der Waals surface area contributed by atoms with Crippen LogP contribution >= 0.6 is 0 Å². The van der Waals surface area contributed by atoms with Crippen molar-refractivity contribution in [3.63, 3.8) is 0 Å². The second kappa shape index (κ2) is 10.7. The molecule has 0 heterocycles. The van der Waals surface area contributed by atoms with Crippen LogP contribution in [0.1, 0.15) is 45.1 Å². The molecule has 0 spiro atoms. The van der Waals surface area contributed by atoms with Crippen molar-refractivity contribution in [2.24, 2.45) is 0 Å². The van der Waals surface area contributed by atoms with Crippen molar-refractivity contribution < 1.29 is 9.59 Å². The number of unbranched alkanes of at least 4 members (excludes halogenated alkanes) is 2. The lowest BCUT2D eigenvalue weighted by atomic mass is 10.1. The number of hydrogen-bond donors (Lipinski definition) is 3. The van der Waals surface area contributed by atoms with Gasteiger partial charge in [0.1, 0.15) is 0 Å². The Balaban J connectivity index is 2.30. The Bertz CT molecular complexity index is 457. The van der Waals surface area contributed by atoms with Crippen molar-refractivity contribution in [2.75, 3.05) is 18.4 Å². The van der Waals surface area contributed by atoms with Crippen molar-refractivity contribution in [3.05, 3.63) is 29.8 Å². The van der Waals surface area contributed by atoms with Gasteiger partial charge in [0.15, 0.2) is 0 Å². The molecule has 0 saturated heterocycles. The minimum Gasteiger partial charge on any atom is -0.355 e. The highest BCUT2D eigenvalue weighted by Gasteiger charge is 2.05. The molecule has 3 N–H and O–H groups in total. The summed E-state index contributed by atoms with van der Waals surface area (Å²) in [7, 11) is 0. The maximum atomic E-state index is 11.7. The fraction of sp³-hybridized carbons (Fsp3) is 0.529. The lowest BCUT2D eigenvalue weighted by molar-refractivity contribution is -0.120. The summed E-state index contributed by atoms with van der Waals surface area (Å²) in [5.41, 5.74) is 2.00. The molecule has 0 bridgehead atoms. The van der Waals surface area contributed by atoms with E-state index in [0.717, 1.165) is 18.5 Å². The highest BCUT2D eigenvalue weighted by atomic mass is 16.2. The van der Waals surface area contributed by atoms with Crippen molar-refractivity contribution in [3.8, 4) is 0 Å². The number of hydrogen-bond acceptors (Lipinski definition) is 2. The second-order valence-corrected chi connectivity index (χ2v) is 5.31. The number of aryl methyl sites for hydroxylation is 1. The lowest BCUT2D eigenvalue weighted by Gasteiger charge is -2.08. The highest BCUT2D eigenvalue weighted by molar-refractivity contribution is 5.92. The minimum absolute atomic E-state index is 0.0130. The summed E-state index contributed by atoms with van der Waals surface area (Å²) in [6, 6.07) is 7.46. The van der Waals surface area contributed by atoms with Gasteiger partial charge in [-0.15, -0.1) is 0 Å². The van der Waals surface area contributed by atoms with Gasteiger partial charge < -0.3 is 16.0 Å². The molecule has 5 nitrogen and oxygen atoms in total. The summed E-state index contributed by atoms with van der Waals surface area (Å²) in [5.74, 6) is -0.178. The molecule has 0 unspecified atom stereocenters. The number of anilines is 1. The van der Waals surface area contributed by atoms with Crippen molar-refractivity contribution >= 4 is 17.6 Å². The van der Waals surface area contributed by atoms with Crippen LogP contribution in [0, 0.1) is 0 Å². The van der Waals surface area contributed by atoms with E-state index in [1.807, 2.05) is 31.2 Å². The maximum absolute atomic E-state index is 11.7. The summed E-state index contributed by atoms with van der Waals surface area (Å²) in [5, 5.41) is 7.95. The Morgan fingerprint density at radius 1 is 0.955 bits per heavy atom. The molecule has 122 valence electrons. The monoisotopic (exact) mass is 305 g/mol. The summed E-state index contributed by atoms with van der Waals surface area (Å²) in [4.78, 5) is 23.1. The van der Waals surface area contributed by atoms with E-state index in [1.165, 1.54) is 24.8 Å². The van der Waals surface area contributed by atoms with Gasteiger partial charge in [0.05, 0.1) is 6.54 Å². The third kappa shape index (κ3) is 7.67. The van der Waals surface area contributed by atoms with Crippen LogP contribution in [0.3, 0.4) is 0 Å². The van der Waals surface area contributed by atoms with Gasteiger partial charge in [-0.2, -0.15) is 0 Å². The van der Waals surface area contributed by atoms with Crippen LogP contribution in [0.15, 0.2) is 24.3 Å². The third-order valence-electron chi connectivity index (χ3n) is 3.26. The maximum Gasteiger partial charge on any atom is 0.319 e. The molecular weight excluding hydrogens is 278 g/mol. The molecule has 0 atom stereocenters. The molecule has 1 aromatic rings. The fourth-order valence-corrected chi connectivity index (χ4v) is 2.00. The van der Waals surface area contributed by atoms with Gasteiger partial charge in [-0.05, 0) is 37.0 Å². The van der Waals surface area contributed by atoms with Gasteiger partial charge in [0, 0.05) is 12.2 Å². The van der Waals surface area contributed by atoms with E-state index in [4.69, 9.17) is 0 Å². The molecular formula is C17H27N3O2. The molecule has 3 amide bonds. The summed E-state index contributed by atoms with van der Waals surface area (Å²) in [6.45, 7) is 4.78. The Morgan fingerprint density at radius 2 is 1.68 bits per heavy atom. The van der Waals surface area contributed by atoms with Crippen LogP contribution in [0.2, 0.25) is 0 Å². The number of urea groups is 1. The van der Waals surface area contributed by atoms with Gasteiger partial charge in [-0.25, -0.2) is 4.79 Å². The SMILES string of the molecule is CCCCCc1ccc(NC(=O)NCC(=O)NCCC)cc1. The van der Waals surface area contributed by atoms with Crippen LogP contribution in [-0.4, -0.2) is 25.0 Å². The van der Waals surface area contributed by atoms with E-state index in [0.29, 0.717) is 6.54 Å². The quantitative estimate of drug-likeness (QED) is 0.614. The van der Waals surface area contributed by atoms with E-state index in [9.17, 15) is 9.59 Å². The fourth-order valence-electron chi connectivity index (χ4n) is 2.00. The largest absolute Gasteiger partial charge is 0.355 e. The first kappa shape index (κ1) is 18.0. The molecule has 0 fully saturated rings. The summed E-state index contributed by atoms with van der Waals surface area (Å²) < 4.78 is 0. The van der Waals surface area contributed by atoms with Gasteiger partial charge in [0.25, 0.3) is 0 Å². The number of amides is 3. The topological polar surface area (TPSA) is 70.2 Å². The first-order valence-corrected chi connectivity index (χ1v) is 8.06. The van der Waals surface area contributed by atoms with Gasteiger partial charge >= 0.3 is 6.03 Å². The van der Waals surface area contributed by atoms with Crippen LogP contribution in [-0.2, 0) is 11.2 Å². The van der Waals surface area contributed by atoms with Crippen LogP contribution in [0.5, 0.6) is 0 Å². The molecule has 0 radical (unpaired) electrons. The second-order valence-electron chi connectivity index (χ2n) is 5.31. The normalized spacial score (nSPS) is 10.1. The van der Waals surface area contributed by atoms with Crippen LogP contribution in [0.25, 0.3) is 0 Å². The van der Waals surface area contributed by atoms with Crippen LogP contribution < -0.4 is 16.0 Å². The third-order valence-corrected chi connectivity index (χ3v) is 3.26. The predicted octanol–water partition coefficient (Wildman–Crippen LogP) is 3.07. The van der Waals surface area contributed by atoms with E-state index in [-0.39, 0.29) is 18.5 Å². The highest BCUT2D eigenvalue weighted by Crippen LogP contribution is 2.12. The Morgan fingerprint density at radius 3 is 2.32 bits per heavy atom. The zero-order valence-electron chi connectivity index (χ0n) is 13.6. The standard InChI is InChI=1S/C17H27N3O2/c1-3-5-6-7-14-8-10-15(11-9-14)20-17(22)19-13-16(21)18-12-4-2/h8-11H,3-7,12-13H2,1-2H3,(H,18,21)(H2,19,20,22). The van der Waals surface area contributed by atoms with Crippen LogP contribution in [0.4, 0.5) is 10.5 Å².